The van der Waals surface area contributed by atoms with Crippen molar-refractivity contribution < 1.29 is 4.79 Å². The summed E-state index contributed by atoms with van der Waals surface area (Å²) >= 11 is 0. The van der Waals surface area contributed by atoms with E-state index in [9.17, 15) is 4.79 Å². The zero-order chi connectivity index (χ0) is 11.8. The molecule has 4 heteroatoms. The van der Waals surface area contributed by atoms with Gasteiger partial charge in [0.25, 0.3) is 5.91 Å². The summed E-state index contributed by atoms with van der Waals surface area (Å²) in [4.78, 5) is 22.4. The lowest BCUT2D eigenvalue weighted by molar-refractivity contribution is -0.126. The molecule has 4 nitrogen and oxygen atoms in total. The molecule has 0 spiro atoms. The van der Waals surface area contributed by atoms with E-state index in [1.807, 2.05) is 37.3 Å². The third-order valence-electron chi connectivity index (χ3n) is 3.10. The van der Waals surface area contributed by atoms with Crippen LogP contribution < -0.4 is 0 Å². The van der Waals surface area contributed by atoms with Crippen LogP contribution in [-0.2, 0) is 4.79 Å². The van der Waals surface area contributed by atoms with Crippen LogP contribution in [0.4, 0.5) is 0 Å². The maximum absolute atomic E-state index is 11.9. The molecule has 0 bridgehead atoms. The Morgan fingerprint density at radius 1 is 1.29 bits per heavy atom. The number of rotatable bonds is 1. The molecule has 1 aromatic rings. The van der Waals surface area contributed by atoms with Crippen LogP contribution in [-0.4, -0.2) is 41.5 Å². The summed E-state index contributed by atoms with van der Waals surface area (Å²) in [6.45, 7) is 2.89. The van der Waals surface area contributed by atoms with E-state index in [1.165, 1.54) is 0 Å². The molecule has 17 heavy (non-hydrogen) atoms. The van der Waals surface area contributed by atoms with Gasteiger partial charge in [-0.05, 0) is 12.5 Å². The number of fused-ring (bicyclic) bond motifs is 1. The number of carbonyl (C=O) groups excluding carboxylic acids is 1. The Balaban J connectivity index is 1.89. The number of amidine groups is 1. The summed E-state index contributed by atoms with van der Waals surface area (Å²) in [5.41, 5.74) is 2.05. The number of nitrogens with zero attached hydrogens (tertiary/aromatic N) is 3. The van der Waals surface area contributed by atoms with Gasteiger partial charge in [-0.25, -0.2) is 0 Å². The number of carbonyl (C=O) groups is 1. The van der Waals surface area contributed by atoms with Crippen molar-refractivity contribution in [2.45, 2.75) is 13.0 Å². The van der Waals surface area contributed by atoms with E-state index in [4.69, 9.17) is 0 Å². The Morgan fingerprint density at radius 2 is 2.06 bits per heavy atom. The first kappa shape index (κ1) is 10.2. The molecule has 1 amide bonds. The highest BCUT2D eigenvalue weighted by Gasteiger charge is 2.34. The molecule has 0 saturated heterocycles. The first-order valence-electron chi connectivity index (χ1n) is 5.72. The van der Waals surface area contributed by atoms with Crippen molar-refractivity contribution in [3.8, 4) is 0 Å². The second kappa shape index (κ2) is 3.80. The van der Waals surface area contributed by atoms with Crippen LogP contribution in [0.25, 0.3) is 0 Å². The number of aliphatic imine (C=N–C) groups is 2. The first-order valence-corrected chi connectivity index (χ1v) is 5.72. The molecule has 0 radical (unpaired) electrons. The van der Waals surface area contributed by atoms with Crippen LogP contribution in [0.3, 0.4) is 0 Å². The van der Waals surface area contributed by atoms with Gasteiger partial charge in [-0.3, -0.25) is 19.7 Å². The molecule has 0 fully saturated rings. The van der Waals surface area contributed by atoms with E-state index in [0.29, 0.717) is 13.1 Å². The Bertz CT molecular complexity index is 519. The zero-order valence-corrected chi connectivity index (χ0v) is 9.63. The largest absolute Gasteiger partial charge is 0.291 e. The van der Waals surface area contributed by atoms with Crippen molar-refractivity contribution >= 4 is 17.5 Å². The maximum Gasteiger partial charge on any atom is 0.252 e. The third-order valence-corrected chi connectivity index (χ3v) is 3.10. The highest BCUT2D eigenvalue weighted by molar-refractivity contribution is 6.15. The highest BCUT2D eigenvalue weighted by atomic mass is 16.2. The van der Waals surface area contributed by atoms with Crippen molar-refractivity contribution in [2.24, 2.45) is 9.98 Å². The molecule has 2 heterocycles. The molecule has 2 aliphatic heterocycles. The number of amides is 1. The number of benzene rings is 1. The summed E-state index contributed by atoms with van der Waals surface area (Å²) in [5.74, 6) is 0.894. The van der Waals surface area contributed by atoms with Gasteiger partial charge in [-0.15, -0.1) is 0 Å². The Hall–Kier alpha value is -1.97. The van der Waals surface area contributed by atoms with Crippen LogP contribution in [0.15, 0.2) is 40.3 Å². The molecule has 0 aliphatic carbocycles. The Labute approximate surface area is 99.7 Å². The second-order valence-corrected chi connectivity index (χ2v) is 4.27. The van der Waals surface area contributed by atoms with Crippen LogP contribution in [0.1, 0.15) is 12.5 Å². The minimum atomic E-state index is -0.240. The summed E-state index contributed by atoms with van der Waals surface area (Å²) in [7, 11) is 0. The van der Waals surface area contributed by atoms with Gasteiger partial charge in [0.2, 0.25) is 0 Å². The summed E-state index contributed by atoms with van der Waals surface area (Å²) in [5, 5.41) is 0. The van der Waals surface area contributed by atoms with Crippen molar-refractivity contribution in [3.63, 3.8) is 0 Å². The molecule has 0 saturated carbocycles. The van der Waals surface area contributed by atoms with E-state index in [-0.39, 0.29) is 11.9 Å². The molecular formula is C13H13N3O. The van der Waals surface area contributed by atoms with Crippen molar-refractivity contribution in [2.75, 3.05) is 13.1 Å². The fourth-order valence-electron chi connectivity index (χ4n) is 2.18. The minimum absolute atomic E-state index is 0.0864. The van der Waals surface area contributed by atoms with Crippen LogP contribution in [0, 0.1) is 0 Å². The molecule has 1 aromatic carbocycles. The van der Waals surface area contributed by atoms with Gasteiger partial charge in [-0.1, -0.05) is 30.3 Å². The Kier molecular flexibility index (Phi) is 2.28. The predicted octanol–water partition coefficient (Wildman–Crippen LogP) is 1.12. The molecule has 0 N–H and O–H groups in total. The molecule has 86 valence electrons. The fourth-order valence-corrected chi connectivity index (χ4v) is 2.18. The quantitative estimate of drug-likeness (QED) is 0.709. The van der Waals surface area contributed by atoms with E-state index in [1.54, 1.807) is 4.90 Å². The topological polar surface area (TPSA) is 45.0 Å². The Morgan fingerprint density at radius 3 is 2.82 bits per heavy atom. The first-order chi connectivity index (χ1) is 8.25. The lowest BCUT2D eigenvalue weighted by Gasteiger charge is -2.23. The van der Waals surface area contributed by atoms with Gasteiger partial charge in [-0.2, -0.15) is 0 Å². The average Bonchev–Trinajstić information content (AvgIpc) is 2.66. The van der Waals surface area contributed by atoms with Gasteiger partial charge in [0, 0.05) is 0 Å². The molecule has 1 unspecified atom stereocenters. The smallest absolute Gasteiger partial charge is 0.252 e. The van der Waals surface area contributed by atoms with Gasteiger partial charge >= 0.3 is 0 Å². The summed E-state index contributed by atoms with van der Waals surface area (Å²) < 4.78 is 0. The minimum Gasteiger partial charge on any atom is -0.291 e. The molecule has 1 atom stereocenters. The molecule has 2 aliphatic rings. The number of hydrogen-bond donors (Lipinski definition) is 0. The van der Waals surface area contributed by atoms with Gasteiger partial charge in [0.1, 0.15) is 11.9 Å². The average molecular weight is 227 g/mol. The van der Waals surface area contributed by atoms with Crippen molar-refractivity contribution in [1.29, 1.82) is 0 Å². The normalized spacial score (nSPS) is 23.2. The fraction of sp³-hybridized carbons (Fsp3) is 0.308. The monoisotopic (exact) mass is 227 g/mol. The summed E-state index contributed by atoms with van der Waals surface area (Å²) in [6, 6.07) is 9.74. The van der Waals surface area contributed by atoms with Crippen LogP contribution >= 0.6 is 0 Å². The van der Waals surface area contributed by atoms with Crippen LogP contribution in [0.5, 0.6) is 0 Å². The summed E-state index contributed by atoms with van der Waals surface area (Å²) in [6.07, 6.45) is 0. The van der Waals surface area contributed by atoms with E-state index in [0.717, 1.165) is 17.1 Å². The molecular weight excluding hydrogens is 214 g/mol. The molecule has 3 rings (SSSR count). The van der Waals surface area contributed by atoms with Gasteiger partial charge in [0.05, 0.1) is 18.8 Å². The SMILES string of the molecule is CC1N=C2CN=C(c3ccccc3)CN2C1=O. The van der Waals surface area contributed by atoms with Crippen molar-refractivity contribution in [3.05, 3.63) is 35.9 Å². The highest BCUT2D eigenvalue weighted by Crippen LogP contribution is 2.16. The van der Waals surface area contributed by atoms with E-state index < -0.39 is 0 Å². The van der Waals surface area contributed by atoms with E-state index in [2.05, 4.69) is 9.98 Å². The zero-order valence-electron chi connectivity index (χ0n) is 9.63. The number of hydrogen-bond acceptors (Lipinski definition) is 3. The van der Waals surface area contributed by atoms with Crippen LogP contribution in [0.2, 0.25) is 0 Å². The second-order valence-electron chi connectivity index (χ2n) is 4.27. The predicted molar refractivity (Wildman–Crippen MR) is 66.5 cm³/mol. The van der Waals surface area contributed by atoms with Crippen molar-refractivity contribution in [1.82, 2.24) is 4.90 Å². The molecule has 0 aromatic heterocycles. The van der Waals surface area contributed by atoms with Gasteiger partial charge < -0.3 is 0 Å². The third kappa shape index (κ3) is 1.65. The lowest BCUT2D eigenvalue weighted by Crippen LogP contribution is -2.43. The lowest BCUT2D eigenvalue weighted by atomic mass is 10.1. The maximum atomic E-state index is 11.9. The van der Waals surface area contributed by atoms with Gasteiger partial charge in [0.15, 0.2) is 0 Å². The van der Waals surface area contributed by atoms with E-state index >= 15 is 0 Å². The standard InChI is InChI=1S/C13H13N3O/c1-9-13(17)16-8-11(14-7-12(16)15-9)10-5-3-2-4-6-10/h2-6,9H,7-8H2,1H3.